The molecule has 1 N–H and O–H groups in total. The van der Waals surface area contributed by atoms with Gasteiger partial charge in [0.05, 0.1) is 16.0 Å². The molecule has 0 unspecified atom stereocenters. The van der Waals surface area contributed by atoms with Crippen LogP contribution in [0.3, 0.4) is 0 Å². The summed E-state index contributed by atoms with van der Waals surface area (Å²) in [6.45, 7) is 1.52. The van der Waals surface area contributed by atoms with Crippen LogP contribution in [0, 0.1) is 15.2 Å². The highest BCUT2D eigenvalue weighted by molar-refractivity contribution is 7.12. The first-order valence-electron chi connectivity index (χ1n) is 5.74. The smallest absolute Gasteiger partial charge is 0.271 e. The highest BCUT2D eigenvalue weighted by Crippen LogP contribution is 2.13. The molecule has 0 aliphatic rings. The molecular weight excluding hydrogens is 301 g/mol. The lowest BCUT2D eigenvalue weighted by Crippen LogP contribution is -2.27. The van der Waals surface area contributed by atoms with Crippen molar-refractivity contribution in [3.63, 3.8) is 0 Å². The summed E-state index contributed by atoms with van der Waals surface area (Å²) >= 11 is 0.891. The topological polar surface area (TPSA) is 102 Å². The molecule has 2 heterocycles. The Hall–Kier alpha value is -2.62. The fourth-order valence-corrected chi connectivity index (χ4v) is 2.01. The molecule has 2 aromatic rings. The molecule has 0 saturated carbocycles. The number of nitro groups is 1. The lowest BCUT2D eigenvalue weighted by atomic mass is 10.3. The molecule has 1 amide bonds. The van der Waals surface area contributed by atoms with Crippen molar-refractivity contribution in [2.45, 2.75) is 13.0 Å². The van der Waals surface area contributed by atoms with Crippen LogP contribution in [0.15, 0.2) is 29.6 Å². The van der Waals surface area contributed by atoms with Gasteiger partial charge in [0.15, 0.2) is 5.13 Å². The van der Waals surface area contributed by atoms with E-state index in [4.69, 9.17) is 0 Å². The van der Waals surface area contributed by atoms with Crippen molar-refractivity contribution in [3.05, 3.63) is 44.6 Å². The lowest BCUT2D eigenvalue weighted by Gasteiger charge is -2.08. The molecule has 10 heteroatoms. The maximum absolute atomic E-state index is 12.7. The molecule has 8 nitrogen and oxygen atoms in total. The van der Waals surface area contributed by atoms with Gasteiger partial charge in [-0.25, -0.2) is 5.43 Å². The molecule has 2 aromatic heterocycles. The molecule has 1 atom stereocenters. The number of hydrazone groups is 1. The van der Waals surface area contributed by atoms with E-state index in [1.807, 2.05) is 0 Å². The molecule has 0 saturated heterocycles. The molecule has 0 aliphatic heterocycles. The quantitative estimate of drug-likeness (QED) is 0.515. The van der Waals surface area contributed by atoms with Crippen LogP contribution in [0.4, 0.5) is 10.1 Å². The molecule has 0 bridgehead atoms. The highest BCUT2D eigenvalue weighted by atomic mass is 32.1. The molecule has 110 valence electrons. The molecule has 0 aliphatic carbocycles. The van der Waals surface area contributed by atoms with E-state index in [9.17, 15) is 19.3 Å². The number of hydrogen-bond acceptors (Lipinski definition) is 6. The number of thiophene rings is 1. The largest absolute Gasteiger partial charge is 0.307 e. The molecule has 0 fully saturated rings. The number of nitrogens with one attached hydrogen (secondary N) is 1. The number of aromatic nitrogens is 2. The number of carbonyl (C=O) groups is 1. The van der Waals surface area contributed by atoms with Gasteiger partial charge in [0.1, 0.15) is 18.4 Å². The molecule has 0 spiro atoms. The lowest BCUT2D eigenvalue weighted by molar-refractivity contribution is -0.385. The van der Waals surface area contributed by atoms with Crippen molar-refractivity contribution >= 4 is 29.1 Å². The van der Waals surface area contributed by atoms with Gasteiger partial charge in [0.2, 0.25) is 0 Å². The minimum atomic E-state index is -0.768. The van der Waals surface area contributed by atoms with Gasteiger partial charge in [-0.3, -0.25) is 19.6 Å². The van der Waals surface area contributed by atoms with Crippen molar-refractivity contribution in [2.75, 3.05) is 0 Å². The molecule has 2 rings (SSSR count). The SMILES string of the molecule is C[C@H](C(=O)N/N=C\c1ccc(F)s1)n1cc([N+](=O)[O-])cn1. The second kappa shape index (κ2) is 6.22. The molecule has 21 heavy (non-hydrogen) atoms. The Morgan fingerprint density at radius 1 is 1.67 bits per heavy atom. The summed E-state index contributed by atoms with van der Waals surface area (Å²) in [6.07, 6.45) is 3.52. The van der Waals surface area contributed by atoms with E-state index in [0.717, 1.165) is 28.4 Å². The van der Waals surface area contributed by atoms with Gasteiger partial charge in [0.25, 0.3) is 5.91 Å². The van der Waals surface area contributed by atoms with E-state index in [-0.39, 0.29) is 10.8 Å². The Morgan fingerprint density at radius 2 is 2.43 bits per heavy atom. The van der Waals surface area contributed by atoms with Gasteiger partial charge in [-0.2, -0.15) is 14.6 Å². The summed E-state index contributed by atoms with van der Waals surface area (Å²) in [4.78, 5) is 22.3. The molecule has 0 radical (unpaired) electrons. The third kappa shape index (κ3) is 3.69. The van der Waals surface area contributed by atoms with Gasteiger partial charge in [-0.05, 0) is 19.1 Å². The monoisotopic (exact) mass is 311 g/mol. The maximum Gasteiger partial charge on any atom is 0.307 e. The Bertz CT molecular complexity index is 696. The first-order valence-corrected chi connectivity index (χ1v) is 6.56. The predicted octanol–water partition coefficient (Wildman–Crippen LogP) is 1.70. The van der Waals surface area contributed by atoms with Gasteiger partial charge in [-0.15, -0.1) is 11.3 Å². The standard InChI is InChI=1S/C11H10FN5O3S/c1-7(16-6-8(4-14-16)17(19)20)11(18)15-13-5-9-2-3-10(12)21-9/h2-7H,1H3,(H,15,18)/b13-5-/t7-/m1/s1. The van der Waals surface area contributed by atoms with Crippen molar-refractivity contribution in [1.29, 1.82) is 0 Å². The van der Waals surface area contributed by atoms with Crippen molar-refractivity contribution < 1.29 is 14.1 Å². The highest BCUT2D eigenvalue weighted by Gasteiger charge is 2.18. The first-order chi connectivity index (χ1) is 9.97. The van der Waals surface area contributed by atoms with Crippen LogP contribution in [-0.4, -0.2) is 26.8 Å². The fourth-order valence-electron chi connectivity index (χ4n) is 1.40. The van der Waals surface area contributed by atoms with Crippen LogP contribution in [0.1, 0.15) is 17.8 Å². The summed E-state index contributed by atoms with van der Waals surface area (Å²) in [7, 11) is 0. The van der Waals surface area contributed by atoms with Crippen LogP contribution in [0.25, 0.3) is 0 Å². The van der Waals surface area contributed by atoms with E-state index < -0.39 is 16.9 Å². The van der Waals surface area contributed by atoms with Gasteiger partial charge >= 0.3 is 5.69 Å². The maximum atomic E-state index is 12.7. The Morgan fingerprint density at radius 3 is 3.00 bits per heavy atom. The van der Waals surface area contributed by atoms with Crippen LogP contribution in [-0.2, 0) is 4.79 Å². The Labute approximate surface area is 122 Å². The second-order valence-corrected chi connectivity index (χ2v) is 5.05. The van der Waals surface area contributed by atoms with Crippen LogP contribution < -0.4 is 5.43 Å². The average molecular weight is 311 g/mol. The fraction of sp³-hybridized carbons (Fsp3) is 0.182. The zero-order valence-corrected chi connectivity index (χ0v) is 11.6. The van der Waals surface area contributed by atoms with Crippen molar-refractivity contribution in [2.24, 2.45) is 5.10 Å². The first kappa shape index (κ1) is 14.8. The van der Waals surface area contributed by atoms with E-state index in [2.05, 4.69) is 15.6 Å². The number of nitrogens with zero attached hydrogens (tertiary/aromatic N) is 4. The summed E-state index contributed by atoms with van der Waals surface area (Å²) in [5.41, 5.74) is 2.06. The predicted molar refractivity (Wildman–Crippen MR) is 73.6 cm³/mol. The zero-order valence-electron chi connectivity index (χ0n) is 10.8. The number of rotatable bonds is 5. The van der Waals surface area contributed by atoms with Gasteiger partial charge < -0.3 is 0 Å². The van der Waals surface area contributed by atoms with Crippen LogP contribution in [0.5, 0.6) is 0 Å². The minimum Gasteiger partial charge on any atom is -0.271 e. The zero-order chi connectivity index (χ0) is 15.4. The molecule has 0 aromatic carbocycles. The van der Waals surface area contributed by atoms with E-state index in [1.165, 1.54) is 25.3 Å². The van der Waals surface area contributed by atoms with E-state index >= 15 is 0 Å². The van der Waals surface area contributed by atoms with Crippen LogP contribution >= 0.6 is 11.3 Å². The average Bonchev–Trinajstić information content (AvgIpc) is 3.07. The number of amides is 1. The van der Waals surface area contributed by atoms with Gasteiger partial charge in [-0.1, -0.05) is 0 Å². The Kier molecular flexibility index (Phi) is 4.38. The molecular formula is C11H10FN5O3S. The van der Waals surface area contributed by atoms with E-state index in [0.29, 0.717) is 4.88 Å². The minimum absolute atomic E-state index is 0.202. The third-order valence-electron chi connectivity index (χ3n) is 2.54. The summed E-state index contributed by atoms with van der Waals surface area (Å²) in [6, 6.07) is 2.05. The summed E-state index contributed by atoms with van der Waals surface area (Å²) < 4.78 is 13.9. The van der Waals surface area contributed by atoms with Crippen molar-refractivity contribution in [3.8, 4) is 0 Å². The Balaban J connectivity index is 1.95. The number of hydrogen-bond donors (Lipinski definition) is 1. The third-order valence-corrected chi connectivity index (χ3v) is 3.34. The normalized spacial score (nSPS) is 12.5. The van der Waals surface area contributed by atoms with Gasteiger partial charge in [0, 0.05) is 0 Å². The summed E-state index contributed by atoms with van der Waals surface area (Å²) in [5, 5.41) is 17.6. The summed E-state index contributed by atoms with van der Waals surface area (Å²) in [5.74, 6) is -0.499. The number of halogens is 1. The van der Waals surface area contributed by atoms with Crippen molar-refractivity contribution in [1.82, 2.24) is 15.2 Å². The number of carbonyl (C=O) groups excluding carboxylic acids is 1. The second-order valence-electron chi connectivity index (χ2n) is 3.99. The van der Waals surface area contributed by atoms with E-state index in [1.54, 1.807) is 0 Å². The van der Waals surface area contributed by atoms with Crippen LogP contribution in [0.2, 0.25) is 0 Å².